The summed E-state index contributed by atoms with van der Waals surface area (Å²) in [5.74, 6) is -1.18. The lowest BCUT2D eigenvalue weighted by molar-refractivity contribution is -0.141. The number of carbonyl (C=O) groups is 2. The van der Waals surface area contributed by atoms with Gasteiger partial charge in [0.15, 0.2) is 0 Å². The summed E-state index contributed by atoms with van der Waals surface area (Å²) >= 11 is 2.20. The predicted octanol–water partition coefficient (Wildman–Crippen LogP) is 2.58. The van der Waals surface area contributed by atoms with Crippen LogP contribution in [0.4, 0.5) is 0 Å². The number of carboxylic acids is 1. The van der Waals surface area contributed by atoms with E-state index < -0.39 is 5.97 Å². The zero-order valence-electron chi connectivity index (χ0n) is 10.6. The van der Waals surface area contributed by atoms with E-state index in [1.54, 1.807) is 6.07 Å². The predicted molar refractivity (Wildman–Crippen MR) is 80.1 cm³/mol. The lowest BCUT2D eigenvalue weighted by Gasteiger charge is -2.14. The molecule has 4 nitrogen and oxygen atoms in total. The fraction of sp³-hybridized carbons (Fsp3) is 0.429. The van der Waals surface area contributed by atoms with Crippen molar-refractivity contribution in [3.8, 4) is 0 Å². The number of halogens is 1. The zero-order valence-corrected chi connectivity index (χ0v) is 12.8. The molecule has 2 rings (SSSR count). The number of amides is 1. The fourth-order valence-electron chi connectivity index (χ4n) is 2.45. The molecule has 19 heavy (non-hydrogen) atoms. The molecule has 0 saturated heterocycles. The van der Waals surface area contributed by atoms with E-state index in [1.807, 2.05) is 19.1 Å². The molecule has 5 heteroatoms. The van der Waals surface area contributed by atoms with Crippen LogP contribution in [0.5, 0.6) is 0 Å². The third kappa shape index (κ3) is 3.26. The average Bonchev–Trinajstić information content (AvgIpc) is 2.81. The summed E-state index contributed by atoms with van der Waals surface area (Å²) in [5.41, 5.74) is 1.64. The molecule has 1 saturated carbocycles. The van der Waals surface area contributed by atoms with Crippen LogP contribution in [0, 0.1) is 16.4 Å². The molecule has 1 aromatic carbocycles. The zero-order chi connectivity index (χ0) is 14.0. The molecule has 0 unspecified atom stereocenters. The molecule has 0 spiro atoms. The Morgan fingerprint density at radius 1 is 1.37 bits per heavy atom. The summed E-state index contributed by atoms with van der Waals surface area (Å²) in [5, 5.41) is 11.9. The molecule has 0 heterocycles. The molecule has 0 radical (unpaired) electrons. The molecule has 0 bridgehead atoms. The average molecular weight is 373 g/mol. The molecule has 2 N–H and O–H groups in total. The summed E-state index contributed by atoms with van der Waals surface area (Å²) in [6, 6.07) is 5.60. The first-order valence-corrected chi connectivity index (χ1v) is 7.35. The van der Waals surface area contributed by atoms with Crippen LogP contribution in [0.15, 0.2) is 18.2 Å². The minimum Gasteiger partial charge on any atom is -0.481 e. The first-order valence-electron chi connectivity index (χ1n) is 6.28. The summed E-state index contributed by atoms with van der Waals surface area (Å²) in [6.45, 7) is 1.92. The Bertz CT molecular complexity index is 515. The van der Waals surface area contributed by atoms with E-state index >= 15 is 0 Å². The highest BCUT2D eigenvalue weighted by Crippen LogP contribution is 2.26. The first-order chi connectivity index (χ1) is 8.99. The monoisotopic (exact) mass is 373 g/mol. The van der Waals surface area contributed by atoms with Crippen molar-refractivity contribution in [2.45, 2.75) is 32.2 Å². The maximum absolute atomic E-state index is 12.2. The van der Waals surface area contributed by atoms with Crippen LogP contribution in [-0.2, 0) is 4.79 Å². The highest BCUT2D eigenvalue weighted by atomic mass is 127. The quantitative estimate of drug-likeness (QED) is 0.801. The van der Waals surface area contributed by atoms with Crippen LogP contribution in [0.2, 0.25) is 0 Å². The SMILES string of the molecule is Cc1c(I)cccc1C(=O)N[C@@H]1CC[C@H](C(=O)O)C1. The highest BCUT2D eigenvalue weighted by Gasteiger charge is 2.30. The van der Waals surface area contributed by atoms with Crippen LogP contribution in [0.3, 0.4) is 0 Å². The minimum absolute atomic E-state index is 0.0223. The number of aliphatic carboxylic acids is 1. The van der Waals surface area contributed by atoms with Crippen molar-refractivity contribution in [3.05, 3.63) is 32.9 Å². The van der Waals surface area contributed by atoms with Gasteiger partial charge in [-0.3, -0.25) is 9.59 Å². The van der Waals surface area contributed by atoms with Gasteiger partial charge in [0.05, 0.1) is 5.92 Å². The first kappa shape index (κ1) is 14.3. The van der Waals surface area contributed by atoms with Gasteiger partial charge in [-0.25, -0.2) is 0 Å². The Kier molecular flexibility index (Phi) is 4.44. The number of benzene rings is 1. The van der Waals surface area contributed by atoms with E-state index in [0.29, 0.717) is 18.4 Å². The molecule has 1 aromatic rings. The van der Waals surface area contributed by atoms with Gasteiger partial charge < -0.3 is 10.4 Å². The van der Waals surface area contributed by atoms with E-state index in [9.17, 15) is 9.59 Å². The van der Waals surface area contributed by atoms with Gasteiger partial charge >= 0.3 is 5.97 Å². The van der Waals surface area contributed by atoms with E-state index in [-0.39, 0.29) is 17.9 Å². The maximum Gasteiger partial charge on any atom is 0.306 e. The minimum atomic E-state index is -0.762. The lowest BCUT2D eigenvalue weighted by Crippen LogP contribution is -2.33. The molecular formula is C14H16INO3. The van der Waals surface area contributed by atoms with Gasteiger partial charge in [0.1, 0.15) is 0 Å². The van der Waals surface area contributed by atoms with Crippen LogP contribution in [-0.4, -0.2) is 23.0 Å². The lowest BCUT2D eigenvalue weighted by atomic mass is 10.1. The molecular weight excluding hydrogens is 357 g/mol. The molecule has 0 aliphatic heterocycles. The second-order valence-electron chi connectivity index (χ2n) is 4.93. The summed E-state index contributed by atoms with van der Waals surface area (Å²) in [7, 11) is 0. The normalized spacial score (nSPS) is 22.2. The van der Waals surface area contributed by atoms with E-state index in [1.165, 1.54) is 0 Å². The van der Waals surface area contributed by atoms with Crippen molar-refractivity contribution in [2.75, 3.05) is 0 Å². The molecule has 1 fully saturated rings. The Morgan fingerprint density at radius 2 is 2.11 bits per heavy atom. The van der Waals surface area contributed by atoms with Crippen molar-refractivity contribution in [3.63, 3.8) is 0 Å². The number of hydrogen-bond donors (Lipinski definition) is 2. The maximum atomic E-state index is 12.2. The van der Waals surface area contributed by atoms with Crippen molar-refractivity contribution < 1.29 is 14.7 Å². The number of rotatable bonds is 3. The summed E-state index contributed by atoms with van der Waals surface area (Å²) in [4.78, 5) is 23.1. The fourth-order valence-corrected chi connectivity index (χ4v) is 2.95. The van der Waals surface area contributed by atoms with Gasteiger partial charge in [0.2, 0.25) is 0 Å². The van der Waals surface area contributed by atoms with Gasteiger partial charge in [-0.15, -0.1) is 0 Å². The Labute approximate surface area is 125 Å². The van der Waals surface area contributed by atoms with Crippen LogP contribution in [0.25, 0.3) is 0 Å². The van der Waals surface area contributed by atoms with Gasteiger partial charge in [-0.1, -0.05) is 6.07 Å². The van der Waals surface area contributed by atoms with Crippen molar-refractivity contribution in [1.29, 1.82) is 0 Å². The van der Waals surface area contributed by atoms with Gasteiger partial charge in [0, 0.05) is 15.2 Å². The van der Waals surface area contributed by atoms with E-state index in [0.717, 1.165) is 15.6 Å². The molecule has 0 aromatic heterocycles. The molecule has 102 valence electrons. The summed E-state index contributed by atoms with van der Waals surface area (Å²) in [6.07, 6.45) is 1.92. The number of nitrogens with one attached hydrogen (secondary N) is 1. The third-order valence-electron chi connectivity index (χ3n) is 3.63. The molecule has 2 atom stereocenters. The number of carboxylic acid groups (broad SMARTS) is 1. The Balaban J connectivity index is 2.02. The standard InChI is InChI=1S/C14H16INO3/c1-8-11(3-2-4-12(8)15)13(17)16-10-6-5-9(7-10)14(18)19/h2-4,9-10H,5-7H2,1H3,(H,16,17)(H,18,19)/t9-,10+/m0/s1. The molecule has 1 amide bonds. The van der Waals surface area contributed by atoms with Crippen molar-refractivity contribution in [1.82, 2.24) is 5.32 Å². The van der Waals surface area contributed by atoms with Crippen molar-refractivity contribution >= 4 is 34.5 Å². The van der Waals surface area contributed by atoms with Gasteiger partial charge in [-0.2, -0.15) is 0 Å². The second kappa shape index (κ2) is 5.90. The number of hydrogen-bond acceptors (Lipinski definition) is 2. The second-order valence-corrected chi connectivity index (χ2v) is 6.09. The molecule has 1 aliphatic rings. The summed E-state index contributed by atoms with van der Waals surface area (Å²) < 4.78 is 1.06. The Morgan fingerprint density at radius 3 is 2.74 bits per heavy atom. The van der Waals surface area contributed by atoms with Gasteiger partial charge in [-0.05, 0) is 66.5 Å². The topological polar surface area (TPSA) is 66.4 Å². The van der Waals surface area contributed by atoms with E-state index in [4.69, 9.17) is 5.11 Å². The number of carbonyl (C=O) groups excluding carboxylic acids is 1. The largest absolute Gasteiger partial charge is 0.481 e. The van der Waals surface area contributed by atoms with Crippen LogP contribution < -0.4 is 5.32 Å². The van der Waals surface area contributed by atoms with Gasteiger partial charge in [0.25, 0.3) is 5.91 Å². The smallest absolute Gasteiger partial charge is 0.306 e. The van der Waals surface area contributed by atoms with E-state index in [2.05, 4.69) is 27.9 Å². The molecule has 1 aliphatic carbocycles. The Hall–Kier alpha value is -1.11. The third-order valence-corrected chi connectivity index (χ3v) is 4.80. The highest BCUT2D eigenvalue weighted by molar-refractivity contribution is 14.1. The van der Waals surface area contributed by atoms with Crippen LogP contribution in [0.1, 0.15) is 35.2 Å². The van der Waals surface area contributed by atoms with Crippen molar-refractivity contribution in [2.24, 2.45) is 5.92 Å². The van der Waals surface area contributed by atoms with Crippen LogP contribution >= 0.6 is 22.6 Å².